The van der Waals surface area contributed by atoms with E-state index in [0.29, 0.717) is 19.4 Å². The highest BCUT2D eigenvalue weighted by atomic mass is 16.6. The van der Waals surface area contributed by atoms with E-state index in [0.717, 1.165) is 19.3 Å². The molecule has 7 nitrogen and oxygen atoms in total. The van der Waals surface area contributed by atoms with Gasteiger partial charge in [0.25, 0.3) is 0 Å². The third-order valence-corrected chi connectivity index (χ3v) is 5.95. The summed E-state index contributed by atoms with van der Waals surface area (Å²) in [4.78, 5) is 29.0. The number of piperidine rings is 2. The predicted molar refractivity (Wildman–Crippen MR) is 95.1 cm³/mol. The summed E-state index contributed by atoms with van der Waals surface area (Å²) in [5, 5.41) is 21.7. The van der Waals surface area contributed by atoms with Crippen molar-refractivity contribution < 1.29 is 24.5 Å². The molecular weight excluding hydrogens is 336 g/mol. The van der Waals surface area contributed by atoms with E-state index < -0.39 is 36.0 Å². The minimum absolute atomic E-state index is 0.0528. The van der Waals surface area contributed by atoms with Crippen molar-refractivity contribution in [3.05, 3.63) is 0 Å². The lowest BCUT2D eigenvalue weighted by atomic mass is 9.69. The van der Waals surface area contributed by atoms with Crippen LogP contribution in [0.4, 0.5) is 4.79 Å². The number of hydrogen-bond acceptors (Lipinski definition) is 5. The van der Waals surface area contributed by atoms with E-state index in [9.17, 15) is 19.8 Å². The fraction of sp³-hybridized carbons (Fsp3) is 0.895. The number of ether oxygens (including phenoxy) is 1. The van der Waals surface area contributed by atoms with E-state index in [4.69, 9.17) is 4.74 Å². The van der Waals surface area contributed by atoms with Crippen molar-refractivity contribution in [2.75, 3.05) is 6.54 Å². The molecule has 1 saturated carbocycles. The van der Waals surface area contributed by atoms with E-state index in [1.54, 1.807) is 20.8 Å². The number of unbranched alkanes of at least 4 members (excludes halogenated alkanes) is 1. The largest absolute Gasteiger partial charge is 0.444 e. The molecule has 5 saturated heterocycles. The predicted octanol–water partition coefficient (Wildman–Crippen LogP) is 1.71. The molecule has 0 aromatic rings. The number of aliphatic hydroxyl groups excluding tert-OH is 2. The summed E-state index contributed by atoms with van der Waals surface area (Å²) in [5.74, 6) is -0.890. The van der Waals surface area contributed by atoms with Crippen LogP contribution in [0.5, 0.6) is 0 Å². The normalized spacial score (nSPS) is 36.9. The molecule has 148 valence electrons. The molecule has 1 aliphatic carbocycles. The zero-order valence-electron chi connectivity index (χ0n) is 16.2. The van der Waals surface area contributed by atoms with Gasteiger partial charge in [-0.3, -0.25) is 9.69 Å². The molecule has 5 heterocycles. The van der Waals surface area contributed by atoms with E-state index in [-0.39, 0.29) is 17.9 Å². The molecule has 6 rings (SSSR count). The van der Waals surface area contributed by atoms with Crippen LogP contribution in [0.1, 0.15) is 59.8 Å². The van der Waals surface area contributed by atoms with Crippen molar-refractivity contribution in [1.82, 2.24) is 9.80 Å². The van der Waals surface area contributed by atoms with Gasteiger partial charge in [-0.25, -0.2) is 4.79 Å². The SMILES string of the molecule is CCCCN1C(=O)[C@@H]2CC[C@H]1[C@H]1C(O)N(C(=O)OC(C)(C)C)[C@@H]2C[C@H]1O. The zero-order valence-corrected chi connectivity index (χ0v) is 16.2. The second-order valence-electron chi connectivity index (χ2n) is 8.89. The summed E-state index contributed by atoms with van der Waals surface area (Å²) >= 11 is 0. The number of carbonyl (C=O) groups excluding carboxylic acids is 2. The molecule has 0 aromatic carbocycles. The maximum absolute atomic E-state index is 13.1. The van der Waals surface area contributed by atoms with Crippen LogP contribution >= 0.6 is 0 Å². The van der Waals surface area contributed by atoms with Crippen LogP contribution in [0, 0.1) is 11.8 Å². The second-order valence-corrected chi connectivity index (χ2v) is 8.89. The van der Waals surface area contributed by atoms with Crippen LogP contribution in [0.3, 0.4) is 0 Å². The Labute approximate surface area is 155 Å². The van der Waals surface area contributed by atoms with Gasteiger partial charge in [0.2, 0.25) is 5.91 Å². The summed E-state index contributed by atoms with van der Waals surface area (Å²) in [6.07, 6.45) is 1.17. The molecule has 0 aromatic heterocycles. The quantitative estimate of drug-likeness (QED) is 0.791. The monoisotopic (exact) mass is 368 g/mol. The van der Waals surface area contributed by atoms with Crippen molar-refractivity contribution in [2.24, 2.45) is 11.8 Å². The Morgan fingerprint density at radius 2 is 1.92 bits per heavy atom. The minimum atomic E-state index is -1.14. The van der Waals surface area contributed by atoms with Crippen molar-refractivity contribution in [3.63, 3.8) is 0 Å². The molecule has 6 aliphatic rings. The number of nitrogens with zero attached hydrogens (tertiary/aromatic N) is 2. The topological polar surface area (TPSA) is 90.3 Å². The maximum Gasteiger partial charge on any atom is 0.412 e. The van der Waals surface area contributed by atoms with Crippen LogP contribution in [0.2, 0.25) is 0 Å². The summed E-state index contributed by atoms with van der Waals surface area (Å²) in [7, 11) is 0. The van der Waals surface area contributed by atoms with Gasteiger partial charge in [0, 0.05) is 12.6 Å². The number of hydrogen-bond donors (Lipinski definition) is 2. The Morgan fingerprint density at radius 3 is 2.54 bits per heavy atom. The first-order valence-corrected chi connectivity index (χ1v) is 9.83. The molecule has 7 heteroatoms. The molecular formula is C19H32N2O5. The number of rotatable bonds is 3. The molecule has 2 amide bonds. The highest BCUT2D eigenvalue weighted by molar-refractivity contribution is 5.82. The van der Waals surface area contributed by atoms with Crippen molar-refractivity contribution in [1.29, 1.82) is 0 Å². The average Bonchev–Trinajstić information content (AvgIpc) is 2.50. The van der Waals surface area contributed by atoms with Gasteiger partial charge in [-0.1, -0.05) is 13.3 Å². The Kier molecular flexibility index (Phi) is 5.23. The Morgan fingerprint density at radius 1 is 1.23 bits per heavy atom. The maximum atomic E-state index is 13.1. The highest BCUT2D eigenvalue weighted by Crippen LogP contribution is 2.45. The van der Waals surface area contributed by atoms with Gasteiger partial charge >= 0.3 is 6.09 Å². The molecule has 0 spiro atoms. The molecule has 6 atom stereocenters. The van der Waals surface area contributed by atoms with E-state index >= 15 is 0 Å². The van der Waals surface area contributed by atoms with Crippen LogP contribution < -0.4 is 0 Å². The van der Waals surface area contributed by atoms with Gasteiger partial charge < -0.3 is 19.8 Å². The summed E-state index contributed by atoms with van der Waals surface area (Å²) in [5.41, 5.74) is -0.687. The average molecular weight is 368 g/mol. The van der Waals surface area contributed by atoms with Crippen LogP contribution in [0.25, 0.3) is 0 Å². The van der Waals surface area contributed by atoms with E-state index in [1.807, 2.05) is 4.90 Å². The van der Waals surface area contributed by atoms with Crippen LogP contribution in [-0.4, -0.2) is 68.6 Å². The van der Waals surface area contributed by atoms with Gasteiger partial charge in [0.15, 0.2) is 0 Å². The summed E-state index contributed by atoms with van der Waals surface area (Å²) in [6.45, 7) is 8.05. The lowest BCUT2D eigenvalue weighted by Gasteiger charge is -2.58. The zero-order chi connectivity index (χ0) is 19.2. The fourth-order valence-electron chi connectivity index (χ4n) is 4.84. The van der Waals surface area contributed by atoms with Gasteiger partial charge in [0.1, 0.15) is 11.8 Å². The second kappa shape index (κ2) is 7.00. The number of amides is 2. The van der Waals surface area contributed by atoms with Crippen molar-refractivity contribution in [2.45, 2.75) is 89.8 Å². The molecule has 1 unspecified atom stereocenters. The van der Waals surface area contributed by atoms with Crippen molar-refractivity contribution in [3.8, 4) is 0 Å². The van der Waals surface area contributed by atoms with Crippen LogP contribution in [0.15, 0.2) is 0 Å². The molecule has 6 fully saturated rings. The first-order valence-electron chi connectivity index (χ1n) is 9.83. The summed E-state index contributed by atoms with van der Waals surface area (Å²) in [6, 6.07) is -0.759. The fourth-order valence-corrected chi connectivity index (χ4v) is 4.84. The molecule has 4 bridgehead atoms. The van der Waals surface area contributed by atoms with Crippen LogP contribution in [-0.2, 0) is 9.53 Å². The lowest BCUT2D eigenvalue weighted by molar-refractivity contribution is -0.200. The standard InChI is InChI=1S/C19H32N2O5/c1-5-6-9-20-12-8-7-11(16(20)23)13-10-14(22)15(12)17(24)21(13)18(25)26-19(2,3)4/h11-15,17,22,24H,5-10H2,1-4H3/t11-,12+,13-,14-,15-,17?/m1/s1. The van der Waals surface area contributed by atoms with Gasteiger partial charge in [0.05, 0.1) is 24.0 Å². The smallest absolute Gasteiger partial charge is 0.412 e. The molecule has 0 radical (unpaired) electrons. The number of carbonyl (C=O) groups is 2. The number of aliphatic hydroxyl groups is 2. The van der Waals surface area contributed by atoms with Gasteiger partial charge in [-0.2, -0.15) is 0 Å². The Bertz CT molecular complexity index is 561. The first-order chi connectivity index (χ1) is 12.2. The Balaban J connectivity index is 1.94. The van der Waals surface area contributed by atoms with E-state index in [1.165, 1.54) is 4.90 Å². The Hall–Kier alpha value is -1.34. The summed E-state index contributed by atoms with van der Waals surface area (Å²) < 4.78 is 5.49. The minimum Gasteiger partial charge on any atom is -0.444 e. The van der Waals surface area contributed by atoms with Gasteiger partial charge in [-0.05, 0) is 46.5 Å². The first kappa shape index (κ1) is 19.4. The molecule has 5 aliphatic heterocycles. The van der Waals surface area contributed by atoms with Crippen molar-refractivity contribution >= 4 is 12.0 Å². The van der Waals surface area contributed by atoms with E-state index in [2.05, 4.69) is 6.92 Å². The lowest BCUT2D eigenvalue weighted by Crippen LogP contribution is -2.72. The third kappa shape index (κ3) is 3.31. The molecule has 26 heavy (non-hydrogen) atoms. The highest BCUT2D eigenvalue weighted by Gasteiger charge is 2.58. The third-order valence-electron chi connectivity index (χ3n) is 5.95. The molecule has 2 N–H and O–H groups in total. The van der Waals surface area contributed by atoms with Gasteiger partial charge in [-0.15, -0.1) is 0 Å².